The van der Waals surface area contributed by atoms with Crippen molar-refractivity contribution in [2.75, 3.05) is 0 Å². The molecule has 20 heavy (non-hydrogen) atoms. The van der Waals surface area contributed by atoms with E-state index < -0.39 is 35.9 Å². The number of hydrogen-bond acceptors (Lipinski definition) is 1. The molecule has 1 rings (SSSR count). The predicted octanol–water partition coefficient (Wildman–Crippen LogP) is 3.09. The van der Waals surface area contributed by atoms with Crippen LogP contribution in [-0.4, -0.2) is 65.5 Å². The number of halogens is 12. The van der Waals surface area contributed by atoms with Crippen molar-refractivity contribution in [3.8, 4) is 0 Å². The van der Waals surface area contributed by atoms with E-state index in [0.29, 0.717) is 0 Å². The zero-order chi connectivity index (χ0) is 15.7. The summed E-state index contributed by atoms with van der Waals surface area (Å²) in [6.07, 6.45) is -21.1. The van der Waals surface area contributed by atoms with Crippen LogP contribution in [0.5, 0.6) is 0 Å². The van der Waals surface area contributed by atoms with Crippen molar-refractivity contribution in [2.24, 2.45) is 0 Å². The standard InChI is InChI=1S/C6F12O.Na.H/c7-1(4(10,11)12,5(13,14)15)2(8)3(9,19-2)6(16,17)18;;. The number of ether oxygens (including phenoxy) is 1. The molecule has 1 nitrogen and oxygen atoms in total. The van der Waals surface area contributed by atoms with Gasteiger partial charge in [-0.2, -0.15) is 43.9 Å². The van der Waals surface area contributed by atoms with Gasteiger partial charge >= 0.3 is 65.5 Å². The summed E-state index contributed by atoms with van der Waals surface area (Å²) in [6, 6.07) is 0. The van der Waals surface area contributed by atoms with Gasteiger partial charge in [0.2, 0.25) is 0 Å². The molecule has 1 saturated heterocycles. The molecule has 0 spiro atoms. The summed E-state index contributed by atoms with van der Waals surface area (Å²) in [4.78, 5) is 0. The maximum absolute atomic E-state index is 13.0. The van der Waals surface area contributed by atoms with E-state index in [1.807, 2.05) is 0 Å². The van der Waals surface area contributed by atoms with E-state index in [9.17, 15) is 52.7 Å². The molecule has 1 aliphatic rings. The molecule has 116 valence electrons. The molecule has 14 heteroatoms. The van der Waals surface area contributed by atoms with Crippen molar-refractivity contribution in [3.63, 3.8) is 0 Å². The zero-order valence-corrected chi connectivity index (χ0v) is 7.94. The predicted molar refractivity (Wildman–Crippen MR) is 37.9 cm³/mol. The van der Waals surface area contributed by atoms with E-state index >= 15 is 0 Å². The van der Waals surface area contributed by atoms with Gasteiger partial charge in [0, 0.05) is 0 Å². The first-order valence-electron chi connectivity index (χ1n) is 3.93. The number of epoxide rings is 1. The van der Waals surface area contributed by atoms with Crippen LogP contribution in [0.15, 0.2) is 0 Å². The zero-order valence-electron chi connectivity index (χ0n) is 7.94. The number of hydrogen-bond donors (Lipinski definition) is 0. The van der Waals surface area contributed by atoms with Crippen LogP contribution in [-0.2, 0) is 4.74 Å². The van der Waals surface area contributed by atoms with Crippen LogP contribution >= 0.6 is 0 Å². The fourth-order valence-corrected chi connectivity index (χ4v) is 1.23. The summed E-state index contributed by atoms with van der Waals surface area (Å²) in [5.74, 6) is -12.3. The van der Waals surface area contributed by atoms with Crippen molar-refractivity contribution >= 4 is 29.6 Å². The molecule has 2 atom stereocenters. The minimum atomic E-state index is -7.22. The fraction of sp³-hybridized carbons (Fsp3) is 1.00. The molecule has 1 fully saturated rings. The Morgan fingerprint density at radius 2 is 0.900 bits per heavy atom. The van der Waals surface area contributed by atoms with Gasteiger partial charge in [0.25, 0.3) is 0 Å². The van der Waals surface area contributed by atoms with Crippen molar-refractivity contribution in [1.29, 1.82) is 0 Å². The Bertz CT molecular complexity index is 369. The van der Waals surface area contributed by atoms with Crippen LogP contribution in [0, 0.1) is 0 Å². The summed E-state index contributed by atoms with van der Waals surface area (Å²) >= 11 is 0. The molecule has 0 N–H and O–H groups in total. The molecule has 2 unspecified atom stereocenters. The third-order valence-corrected chi connectivity index (χ3v) is 2.24. The first-order chi connectivity index (χ1) is 7.96. The van der Waals surface area contributed by atoms with Crippen LogP contribution < -0.4 is 0 Å². The fourth-order valence-electron chi connectivity index (χ4n) is 1.23. The van der Waals surface area contributed by atoms with Crippen LogP contribution in [0.2, 0.25) is 0 Å². The normalized spacial score (nSPS) is 31.8. The molecule has 0 aromatic carbocycles. The quantitative estimate of drug-likeness (QED) is 0.406. The SMILES string of the molecule is FC(F)(F)C1(F)OC1(F)C(F)(C(F)(F)F)C(F)(F)F.[NaH]. The second kappa shape index (κ2) is 4.56. The minimum absolute atomic E-state index is 0. The number of alkyl halides is 12. The topological polar surface area (TPSA) is 12.5 Å². The summed E-state index contributed by atoms with van der Waals surface area (Å²) < 4.78 is 148. The molecule has 1 heterocycles. The molecule has 0 radical (unpaired) electrons. The third kappa shape index (κ3) is 2.20. The van der Waals surface area contributed by atoms with Gasteiger partial charge in [0.05, 0.1) is 0 Å². The van der Waals surface area contributed by atoms with Crippen LogP contribution in [0.3, 0.4) is 0 Å². The van der Waals surface area contributed by atoms with E-state index in [2.05, 4.69) is 4.74 Å². The van der Waals surface area contributed by atoms with Crippen LogP contribution in [0.25, 0.3) is 0 Å². The molecule has 0 aromatic rings. The van der Waals surface area contributed by atoms with E-state index in [1.54, 1.807) is 0 Å². The van der Waals surface area contributed by atoms with Gasteiger partial charge in [-0.1, -0.05) is 0 Å². The molecule has 0 amide bonds. The number of rotatable bonds is 1. The maximum atomic E-state index is 13.0. The second-order valence-electron chi connectivity index (χ2n) is 3.44. The van der Waals surface area contributed by atoms with Crippen molar-refractivity contribution < 1.29 is 57.4 Å². The second-order valence-corrected chi connectivity index (χ2v) is 3.44. The summed E-state index contributed by atoms with van der Waals surface area (Å²) in [5.41, 5.74) is -7.17. The van der Waals surface area contributed by atoms with Gasteiger partial charge in [-0.3, -0.25) is 4.74 Å². The van der Waals surface area contributed by atoms with Crippen LogP contribution in [0.1, 0.15) is 0 Å². The summed E-state index contributed by atoms with van der Waals surface area (Å²) in [7, 11) is 0. The van der Waals surface area contributed by atoms with Gasteiger partial charge in [-0.05, 0) is 0 Å². The van der Waals surface area contributed by atoms with Gasteiger partial charge in [-0.25, -0.2) is 8.78 Å². The van der Waals surface area contributed by atoms with E-state index in [0.717, 1.165) is 0 Å². The third-order valence-electron chi connectivity index (χ3n) is 2.24. The first-order valence-corrected chi connectivity index (χ1v) is 3.93. The van der Waals surface area contributed by atoms with Gasteiger partial charge in [0.1, 0.15) is 0 Å². The first kappa shape index (κ1) is 20.1. The van der Waals surface area contributed by atoms with E-state index in [1.165, 1.54) is 0 Å². The van der Waals surface area contributed by atoms with Crippen molar-refractivity contribution in [1.82, 2.24) is 0 Å². The Hall–Kier alpha value is 0.120. The molecule has 1 aliphatic heterocycles. The van der Waals surface area contributed by atoms with Crippen molar-refractivity contribution in [3.05, 3.63) is 0 Å². The Morgan fingerprint density at radius 1 is 0.600 bits per heavy atom. The molecule has 0 bridgehead atoms. The Morgan fingerprint density at radius 3 is 1.05 bits per heavy atom. The monoisotopic (exact) mass is 340 g/mol. The molecular formula is C6HF12NaO. The Labute approximate surface area is 123 Å². The molecular weight excluding hydrogens is 339 g/mol. The molecule has 0 saturated carbocycles. The van der Waals surface area contributed by atoms with Gasteiger partial charge < -0.3 is 0 Å². The Balaban J connectivity index is 0.00000361. The van der Waals surface area contributed by atoms with Gasteiger partial charge in [0.15, 0.2) is 0 Å². The molecule has 0 aromatic heterocycles. The molecule has 0 aliphatic carbocycles. The summed E-state index contributed by atoms with van der Waals surface area (Å²) in [5, 5.41) is 0. The van der Waals surface area contributed by atoms with E-state index in [4.69, 9.17) is 0 Å². The Kier molecular flexibility index (Phi) is 4.58. The average molecular weight is 340 g/mol. The van der Waals surface area contributed by atoms with Crippen LogP contribution in [0.4, 0.5) is 52.7 Å². The van der Waals surface area contributed by atoms with Gasteiger partial charge in [-0.15, -0.1) is 0 Å². The summed E-state index contributed by atoms with van der Waals surface area (Å²) in [6.45, 7) is 0. The van der Waals surface area contributed by atoms with E-state index in [-0.39, 0.29) is 29.6 Å². The van der Waals surface area contributed by atoms with Crippen molar-refractivity contribution in [2.45, 2.75) is 35.9 Å². The average Bonchev–Trinajstić information content (AvgIpc) is 2.66.